The fraction of sp³-hybridized carbons (Fsp3) is 0.606. The third-order valence-electron chi connectivity index (χ3n) is 8.78. The number of likely N-dealkylation sites (tertiary alicyclic amines) is 2. The van der Waals surface area contributed by atoms with E-state index in [1.54, 1.807) is 4.90 Å². The van der Waals surface area contributed by atoms with Gasteiger partial charge in [0.1, 0.15) is 18.3 Å². The van der Waals surface area contributed by atoms with Crippen LogP contribution in [0.5, 0.6) is 5.88 Å². The molecule has 0 N–H and O–H groups in total. The molecule has 3 aliphatic heterocycles. The van der Waals surface area contributed by atoms with Crippen molar-refractivity contribution < 1.29 is 28.5 Å². The second kappa shape index (κ2) is 12.6. The minimum atomic E-state index is -0.479. The second-order valence-corrected chi connectivity index (χ2v) is 13.2. The van der Waals surface area contributed by atoms with Gasteiger partial charge in [0.05, 0.1) is 12.2 Å². The quantitative estimate of drug-likeness (QED) is 0.422. The average molecular weight is 593 g/mol. The highest BCUT2D eigenvalue weighted by atomic mass is 16.6. The van der Waals surface area contributed by atoms with E-state index < -0.39 is 5.60 Å². The number of amides is 2. The first-order valence-corrected chi connectivity index (χ1v) is 15.7. The Hall–Kier alpha value is -3.53. The standard InChI is InChI=1S/C33H44N4O6/c1-33(2,3)43-32(39)35-15-12-27(13-16-35)41-28-18-29(19-28)42-30-17-24(11-14-34-30)37-25-9-10-26(37)21-36(20-25)31(38)40-22-23-7-5-4-6-8-23/h4-8,11,14,17,25-29H,9-10,12-13,15-16,18-22H2,1-3H3. The van der Waals surface area contributed by atoms with Crippen molar-refractivity contribution in [3.63, 3.8) is 0 Å². The number of carbonyl (C=O) groups excluding carboxylic acids is 2. The summed E-state index contributed by atoms with van der Waals surface area (Å²) in [6.45, 7) is 8.59. The molecule has 1 aliphatic carbocycles. The van der Waals surface area contributed by atoms with Gasteiger partial charge < -0.3 is 33.6 Å². The zero-order chi connectivity index (χ0) is 30.0. The molecule has 4 aliphatic rings. The zero-order valence-electron chi connectivity index (χ0n) is 25.5. The van der Waals surface area contributed by atoms with Gasteiger partial charge in [-0.05, 0) is 58.1 Å². The Balaban J connectivity index is 0.939. The number of piperazine rings is 1. The molecule has 1 aromatic heterocycles. The van der Waals surface area contributed by atoms with Gasteiger partial charge in [-0.15, -0.1) is 0 Å². The van der Waals surface area contributed by atoms with E-state index in [-0.39, 0.29) is 42.6 Å². The Morgan fingerprint density at radius 1 is 0.860 bits per heavy atom. The van der Waals surface area contributed by atoms with Crippen LogP contribution in [-0.4, -0.2) is 89.1 Å². The number of fused-ring (bicyclic) bond motifs is 2. The van der Waals surface area contributed by atoms with Crippen LogP contribution in [-0.2, 0) is 20.8 Å². The Morgan fingerprint density at radius 2 is 1.56 bits per heavy atom. The molecular formula is C33H44N4O6. The van der Waals surface area contributed by atoms with Crippen LogP contribution in [0.1, 0.15) is 64.9 Å². The smallest absolute Gasteiger partial charge is 0.410 e. The number of benzene rings is 1. The summed E-state index contributed by atoms with van der Waals surface area (Å²) in [5.74, 6) is 0.635. The molecule has 4 fully saturated rings. The van der Waals surface area contributed by atoms with Gasteiger partial charge >= 0.3 is 12.2 Å². The number of aromatic nitrogens is 1. The lowest BCUT2D eigenvalue weighted by Gasteiger charge is -2.42. The first kappa shape index (κ1) is 29.5. The molecule has 2 amide bonds. The van der Waals surface area contributed by atoms with Crippen molar-refractivity contribution in [3.05, 3.63) is 54.2 Å². The fourth-order valence-electron chi connectivity index (χ4n) is 6.58. The topological polar surface area (TPSA) is 93.7 Å². The molecule has 43 heavy (non-hydrogen) atoms. The lowest BCUT2D eigenvalue weighted by atomic mass is 9.91. The van der Waals surface area contributed by atoms with Gasteiger partial charge in [0.15, 0.2) is 0 Å². The molecule has 10 nitrogen and oxygen atoms in total. The van der Waals surface area contributed by atoms with Gasteiger partial charge in [0.2, 0.25) is 5.88 Å². The number of hydrogen-bond acceptors (Lipinski definition) is 8. The van der Waals surface area contributed by atoms with E-state index in [9.17, 15) is 9.59 Å². The average Bonchev–Trinajstić information content (AvgIpc) is 3.23. The van der Waals surface area contributed by atoms with Crippen molar-refractivity contribution in [2.45, 2.75) is 102 Å². The van der Waals surface area contributed by atoms with E-state index >= 15 is 0 Å². The Labute approximate surface area is 254 Å². The third kappa shape index (κ3) is 7.34. The third-order valence-corrected chi connectivity index (χ3v) is 8.78. The predicted octanol–water partition coefficient (Wildman–Crippen LogP) is 5.40. The highest BCUT2D eigenvalue weighted by molar-refractivity contribution is 5.69. The Kier molecular flexibility index (Phi) is 8.66. The molecule has 2 atom stereocenters. The number of ether oxygens (including phenoxy) is 4. The van der Waals surface area contributed by atoms with E-state index in [0.29, 0.717) is 38.7 Å². The van der Waals surface area contributed by atoms with E-state index in [1.807, 2.05) is 74.3 Å². The van der Waals surface area contributed by atoms with Crippen molar-refractivity contribution in [2.75, 3.05) is 31.1 Å². The van der Waals surface area contributed by atoms with Crippen LogP contribution in [0.3, 0.4) is 0 Å². The summed E-state index contributed by atoms with van der Waals surface area (Å²) in [7, 11) is 0. The molecule has 3 saturated heterocycles. The summed E-state index contributed by atoms with van der Waals surface area (Å²) in [6, 6.07) is 14.4. The van der Waals surface area contributed by atoms with Crippen molar-refractivity contribution in [1.29, 1.82) is 0 Å². The summed E-state index contributed by atoms with van der Waals surface area (Å²) in [4.78, 5) is 35.7. The number of anilines is 1. The molecule has 4 heterocycles. The van der Waals surface area contributed by atoms with Crippen LogP contribution in [0.2, 0.25) is 0 Å². The number of carbonyl (C=O) groups is 2. The van der Waals surface area contributed by atoms with Crippen molar-refractivity contribution >= 4 is 17.9 Å². The van der Waals surface area contributed by atoms with Crippen LogP contribution < -0.4 is 9.64 Å². The minimum Gasteiger partial charge on any atom is -0.474 e. The summed E-state index contributed by atoms with van der Waals surface area (Å²) >= 11 is 0. The Morgan fingerprint density at radius 3 is 2.23 bits per heavy atom. The maximum Gasteiger partial charge on any atom is 0.410 e. The van der Waals surface area contributed by atoms with Gasteiger partial charge in [-0.1, -0.05) is 30.3 Å². The lowest BCUT2D eigenvalue weighted by Crippen LogP contribution is -2.55. The molecule has 2 unspecified atom stereocenters. The first-order chi connectivity index (χ1) is 20.7. The van der Waals surface area contributed by atoms with Gasteiger partial charge in [-0.3, -0.25) is 0 Å². The number of hydrogen-bond donors (Lipinski definition) is 0. The molecule has 0 spiro atoms. The van der Waals surface area contributed by atoms with E-state index in [4.69, 9.17) is 18.9 Å². The van der Waals surface area contributed by atoms with Gasteiger partial charge in [0, 0.05) is 69.1 Å². The highest BCUT2D eigenvalue weighted by Gasteiger charge is 2.42. The van der Waals surface area contributed by atoms with Crippen molar-refractivity contribution in [3.8, 4) is 5.88 Å². The number of piperidine rings is 1. The summed E-state index contributed by atoms with van der Waals surface area (Å²) in [6.07, 6.45) is 7.18. The monoisotopic (exact) mass is 592 g/mol. The van der Waals surface area contributed by atoms with Gasteiger partial charge in [0.25, 0.3) is 0 Å². The zero-order valence-corrected chi connectivity index (χ0v) is 25.5. The molecule has 6 rings (SSSR count). The van der Waals surface area contributed by atoms with Crippen LogP contribution in [0.4, 0.5) is 15.3 Å². The normalized spacial score (nSPS) is 25.7. The largest absolute Gasteiger partial charge is 0.474 e. The molecular weight excluding hydrogens is 548 g/mol. The molecule has 2 aromatic rings. The maximum atomic E-state index is 12.8. The fourth-order valence-corrected chi connectivity index (χ4v) is 6.58. The van der Waals surface area contributed by atoms with E-state index in [1.165, 1.54) is 0 Å². The van der Waals surface area contributed by atoms with Crippen LogP contribution in [0, 0.1) is 0 Å². The summed E-state index contributed by atoms with van der Waals surface area (Å²) < 4.78 is 23.7. The van der Waals surface area contributed by atoms with E-state index in [2.05, 4.69) is 9.88 Å². The summed E-state index contributed by atoms with van der Waals surface area (Å²) in [5.41, 5.74) is 1.61. The van der Waals surface area contributed by atoms with Crippen LogP contribution >= 0.6 is 0 Å². The van der Waals surface area contributed by atoms with E-state index in [0.717, 1.165) is 49.8 Å². The van der Waals surface area contributed by atoms with Gasteiger partial charge in [-0.2, -0.15) is 0 Å². The number of pyridine rings is 1. The second-order valence-electron chi connectivity index (χ2n) is 13.2. The SMILES string of the molecule is CC(C)(C)OC(=O)N1CCC(OC2CC(Oc3cc(N4C5CCC4CN(C(=O)OCc4ccccc4)C5)ccn3)C2)CC1. The molecule has 10 heteroatoms. The van der Waals surface area contributed by atoms with Crippen LogP contribution in [0.25, 0.3) is 0 Å². The van der Waals surface area contributed by atoms with Gasteiger partial charge in [-0.25, -0.2) is 14.6 Å². The molecule has 2 bridgehead atoms. The maximum absolute atomic E-state index is 12.8. The molecule has 232 valence electrons. The molecule has 1 aromatic carbocycles. The summed E-state index contributed by atoms with van der Waals surface area (Å²) in [5, 5.41) is 0. The minimum absolute atomic E-state index is 0.0857. The van der Waals surface area contributed by atoms with Crippen molar-refractivity contribution in [1.82, 2.24) is 14.8 Å². The molecule has 0 radical (unpaired) electrons. The lowest BCUT2D eigenvalue weighted by molar-refractivity contribution is -0.110. The highest BCUT2D eigenvalue weighted by Crippen LogP contribution is 2.37. The first-order valence-electron chi connectivity index (χ1n) is 15.7. The number of nitrogens with zero attached hydrogens (tertiary/aromatic N) is 4. The molecule has 1 saturated carbocycles. The number of rotatable bonds is 7. The van der Waals surface area contributed by atoms with Crippen molar-refractivity contribution in [2.24, 2.45) is 0 Å². The Bertz CT molecular complexity index is 1240. The van der Waals surface area contributed by atoms with Crippen LogP contribution in [0.15, 0.2) is 48.7 Å². The predicted molar refractivity (Wildman–Crippen MR) is 161 cm³/mol.